The number of carboxylic acid groups (broad SMARTS) is 1. The minimum absolute atomic E-state index is 0.0763. The molecule has 0 spiro atoms. The maximum Gasteiger partial charge on any atom is 0.307 e. The SMILES string of the molecule is CC/C=C\C/C=C\C/C=C\CCCCCCCCCC(=O)OC(CCCCCCCCCCCCCCCCCCC)CC(=O)O. The molecule has 0 amide bonds. The summed E-state index contributed by atoms with van der Waals surface area (Å²) in [5.41, 5.74) is 0. The number of rotatable bonds is 36. The highest BCUT2D eigenvalue weighted by molar-refractivity contribution is 5.71. The Morgan fingerprint density at radius 2 is 0.935 bits per heavy atom. The highest BCUT2D eigenvalue weighted by atomic mass is 16.5. The van der Waals surface area contributed by atoms with Crippen LogP contribution in [0.3, 0.4) is 0 Å². The molecule has 0 saturated heterocycles. The molecule has 0 bridgehead atoms. The number of carbonyl (C=O) groups excluding carboxylic acids is 1. The lowest BCUT2D eigenvalue weighted by atomic mass is 10.0. The fourth-order valence-electron chi connectivity index (χ4n) is 5.98. The van der Waals surface area contributed by atoms with Crippen LogP contribution in [0.15, 0.2) is 36.5 Å². The van der Waals surface area contributed by atoms with Gasteiger partial charge in [-0.3, -0.25) is 9.59 Å². The van der Waals surface area contributed by atoms with Gasteiger partial charge >= 0.3 is 11.9 Å². The Balaban J connectivity index is 3.65. The average molecular weight is 645 g/mol. The molecule has 46 heavy (non-hydrogen) atoms. The van der Waals surface area contributed by atoms with Crippen molar-refractivity contribution in [2.45, 2.75) is 219 Å². The first kappa shape index (κ1) is 44.2. The molecule has 0 aromatic carbocycles. The zero-order valence-electron chi connectivity index (χ0n) is 30.6. The molecule has 0 radical (unpaired) electrons. The summed E-state index contributed by atoms with van der Waals surface area (Å²) in [6.45, 7) is 4.44. The van der Waals surface area contributed by atoms with E-state index in [-0.39, 0.29) is 12.4 Å². The van der Waals surface area contributed by atoms with Crippen molar-refractivity contribution in [3.05, 3.63) is 36.5 Å². The maximum atomic E-state index is 12.3. The number of allylic oxidation sites excluding steroid dienone is 6. The van der Waals surface area contributed by atoms with Crippen LogP contribution in [-0.2, 0) is 14.3 Å². The largest absolute Gasteiger partial charge is 0.481 e. The van der Waals surface area contributed by atoms with Gasteiger partial charge in [-0.2, -0.15) is 0 Å². The van der Waals surface area contributed by atoms with Gasteiger partial charge < -0.3 is 9.84 Å². The Hall–Kier alpha value is -1.84. The molecule has 0 fully saturated rings. The predicted molar refractivity (Wildman–Crippen MR) is 199 cm³/mol. The summed E-state index contributed by atoms with van der Waals surface area (Å²) in [5.74, 6) is -1.11. The molecule has 0 aliphatic heterocycles. The number of unbranched alkanes of at least 4 members (excludes halogenated alkanes) is 23. The number of hydrogen-bond donors (Lipinski definition) is 1. The maximum absolute atomic E-state index is 12.3. The molecule has 0 saturated carbocycles. The highest BCUT2D eigenvalue weighted by Crippen LogP contribution is 2.17. The number of esters is 1. The second-order valence-corrected chi connectivity index (χ2v) is 13.5. The standard InChI is InChI=1S/C42H76O4/c1-3-5-7-9-11-13-15-17-19-21-23-25-27-29-31-33-35-37-40(39-41(43)44)46-42(45)38-36-34-32-30-28-26-24-22-20-18-16-14-12-10-8-6-4-2/h6,8,12,14,18,20,40H,3-5,7,9-11,13,15-17,19,21-39H2,1-2H3,(H,43,44)/b8-6-,14-12-,20-18-. The van der Waals surface area contributed by atoms with Gasteiger partial charge in [0.25, 0.3) is 0 Å². The van der Waals surface area contributed by atoms with Crippen molar-refractivity contribution in [1.82, 2.24) is 0 Å². The van der Waals surface area contributed by atoms with Crippen LogP contribution in [0.1, 0.15) is 213 Å². The van der Waals surface area contributed by atoms with E-state index in [1.165, 1.54) is 122 Å². The van der Waals surface area contributed by atoms with Gasteiger partial charge in [0, 0.05) is 6.42 Å². The van der Waals surface area contributed by atoms with E-state index in [4.69, 9.17) is 4.74 Å². The normalized spacial score (nSPS) is 12.6. The fraction of sp³-hybridized carbons (Fsp3) is 0.810. The van der Waals surface area contributed by atoms with Crippen molar-refractivity contribution in [2.24, 2.45) is 0 Å². The summed E-state index contributed by atoms with van der Waals surface area (Å²) < 4.78 is 5.59. The van der Waals surface area contributed by atoms with Crippen molar-refractivity contribution < 1.29 is 19.4 Å². The summed E-state index contributed by atoms with van der Waals surface area (Å²) in [7, 11) is 0. The molecule has 0 heterocycles. The van der Waals surface area contributed by atoms with Gasteiger partial charge in [0.15, 0.2) is 0 Å². The van der Waals surface area contributed by atoms with E-state index in [1.54, 1.807) is 0 Å². The molecular weight excluding hydrogens is 568 g/mol. The minimum Gasteiger partial charge on any atom is -0.481 e. The third kappa shape index (κ3) is 36.6. The van der Waals surface area contributed by atoms with Gasteiger partial charge in [-0.05, 0) is 51.4 Å². The van der Waals surface area contributed by atoms with Crippen LogP contribution in [0.4, 0.5) is 0 Å². The Kier molecular flexibility index (Phi) is 36.1. The number of carboxylic acids is 1. The molecule has 1 atom stereocenters. The average Bonchev–Trinajstić information content (AvgIpc) is 3.03. The van der Waals surface area contributed by atoms with Crippen LogP contribution >= 0.6 is 0 Å². The second kappa shape index (κ2) is 37.6. The quantitative estimate of drug-likeness (QED) is 0.0419. The minimum atomic E-state index is -0.882. The van der Waals surface area contributed by atoms with Gasteiger partial charge in [-0.1, -0.05) is 185 Å². The third-order valence-electron chi connectivity index (χ3n) is 8.86. The molecule has 0 rings (SSSR count). The van der Waals surface area contributed by atoms with E-state index in [0.29, 0.717) is 12.8 Å². The van der Waals surface area contributed by atoms with Crippen molar-refractivity contribution in [1.29, 1.82) is 0 Å². The molecule has 1 N–H and O–H groups in total. The lowest BCUT2D eigenvalue weighted by molar-refractivity contribution is -0.153. The first-order valence-corrected chi connectivity index (χ1v) is 20.0. The van der Waals surface area contributed by atoms with E-state index in [9.17, 15) is 14.7 Å². The van der Waals surface area contributed by atoms with Gasteiger partial charge in [0.05, 0.1) is 6.42 Å². The van der Waals surface area contributed by atoms with Gasteiger partial charge in [0.1, 0.15) is 6.10 Å². The van der Waals surface area contributed by atoms with Crippen molar-refractivity contribution in [3.63, 3.8) is 0 Å². The van der Waals surface area contributed by atoms with Gasteiger partial charge in [-0.25, -0.2) is 0 Å². The summed E-state index contributed by atoms with van der Waals surface area (Å²) in [6.07, 6.45) is 48.8. The first-order chi connectivity index (χ1) is 22.6. The molecule has 1 unspecified atom stereocenters. The molecule has 4 heteroatoms. The summed E-state index contributed by atoms with van der Waals surface area (Å²) in [6, 6.07) is 0. The van der Waals surface area contributed by atoms with Crippen LogP contribution in [0, 0.1) is 0 Å². The molecule has 0 aromatic heterocycles. The topological polar surface area (TPSA) is 63.6 Å². The monoisotopic (exact) mass is 645 g/mol. The molecule has 0 aliphatic carbocycles. The number of ether oxygens (including phenoxy) is 1. The van der Waals surface area contributed by atoms with E-state index in [1.807, 2.05) is 0 Å². The van der Waals surface area contributed by atoms with Crippen LogP contribution in [0.5, 0.6) is 0 Å². The van der Waals surface area contributed by atoms with Gasteiger partial charge in [0.2, 0.25) is 0 Å². The summed E-state index contributed by atoms with van der Waals surface area (Å²) in [4.78, 5) is 23.6. The van der Waals surface area contributed by atoms with Crippen LogP contribution in [0.2, 0.25) is 0 Å². The smallest absolute Gasteiger partial charge is 0.307 e. The Morgan fingerprint density at radius 1 is 0.522 bits per heavy atom. The van der Waals surface area contributed by atoms with E-state index in [2.05, 4.69) is 50.3 Å². The van der Waals surface area contributed by atoms with E-state index < -0.39 is 12.1 Å². The fourth-order valence-corrected chi connectivity index (χ4v) is 5.98. The van der Waals surface area contributed by atoms with Crippen LogP contribution in [0.25, 0.3) is 0 Å². The number of hydrogen-bond acceptors (Lipinski definition) is 3. The van der Waals surface area contributed by atoms with Crippen LogP contribution in [-0.4, -0.2) is 23.1 Å². The van der Waals surface area contributed by atoms with Crippen molar-refractivity contribution in [3.8, 4) is 0 Å². The Morgan fingerprint density at radius 3 is 1.41 bits per heavy atom. The second-order valence-electron chi connectivity index (χ2n) is 13.5. The zero-order chi connectivity index (χ0) is 33.6. The first-order valence-electron chi connectivity index (χ1n) is 20.0. The lowest BCUT2D eigenvalue weighted by Crippen LogP contribution is -2.21. The third-order valence-corrected chi connectivity index (χ3v) is 8.86. The van der Waals surface area contributed by atoms with E-state index in [0.717, 1.165) is 57.8 Å². The highest BCUT2D eigenvalue weighted by Gasteiger charge is 2.17. The van der Waals surface area contributed by atoms with Gasteiger partial charge in [-0.15, -0.1) is 0 Å². The zero-order valence-corrected chi connectivity index (χ0v) is 30.6. The van der Waals surface area contributed by atoms with Crippen LogP contribution < -0.4 is 0 Å². The Bertz CT molecular complexity index is 738. The lowest BCUT2D eigenvalue weighted by Gasteiger charge is -2.16. The van der Waals surface area contributed by atoms with Crippen molar-refractivity contribution in [2.75, 3.05) is 0 Å². The molecule has 0 aliphatic rings. The number of carbonyl (C=O) groups is 2. The molecule has 268 valence electrons. The number of aliphatic carboxylic acids is 1. The molecule has 4 nitrogen and oxygen atoms in total. The summed E-state index contributed by atoms with van der Waals surface area (Å²) >= 11 is 0. The Labute approximate surface area is 286 Å². The summed E-state index contributed by atoms with van der Waals surface area (Å²) in [5, 5.41) is 9.27. The molecular formula is C42H76O4. The van der Waals surface area contributed by atoms with Crippen molar-refractivity contribution >= 4 is 11.9 Å². The van der Waals surface area contributed by atoms with E-state index >= 15 is 0 Å². The predicted octanol–water partition coefficient (Wildman–Crippen LogP) is 13.8. The molecule has 0 aromatic rings.